The van der Waals surface area contributed by atoms with Crippen LogP contribution in [0.15, 0.2) is 62.6 Å². The summed E-state index contributed by atoms with van der Waals surface area (Å²) in [5.74, 6) is -4.35. The number of sulfone groups is 1. The number of aryl methyl sites for hydroxylation is 1. The predicted molar refractivity (Wildman–Crippen MR) is 96.0 cm³/mol. The van der Waals surface area contributed by atoms with Crippen LogP contribution in [-0.4, -0.2) is 20.1 Å². The van der Waals surface area contributed by atoms with Crippen LogP contribution in [0.4, 0.5) is 8.78 Å². The maximum atomic E-state index is 12.5. The molecular formula is C19H14F2O6S. The number of benzene rings is 2. The third-order valence-electron chi connectivity index (χ3n) is 4.00. The summed E-state index contributed by atoms with van der Waals surface area (Å²) in [7, 11) is -4.74. The Labute approximate surface area is 158 Å². The molecule has 0 radical (unpaired) electrons. The van der Waals surface area contributed by atoms with E-state index in [1.807, 2.05) is 13.0 Å². The van der Waals surface area contributed by atoms with Gasteiger partial charge in [0.2, 0.25) is 9.84 Å². The van der Waals surface area contributed by atoms with E-state index < -0.39 is 32.1 Å². The lowest BCUT2D eigenvalue weighted by Crippen LogP contribution is -2.12. The van der Waals surface area contributed by atoms with Gasteiger partial charge >= 0.3 is 17.4 Å². The number of hydrogen-bond donors (Lipinski definition) is 0. The quantitative estimate of drug-likeness (QED) is 0.474. The molecular weight excluding hydrogens is 394 g/mol. The van der Waals surface area contributed by atoms with E-state index >= 15 is 0 Å². The molecule has 6 nitrogen and oxygen atoms in total. The monoisotopic (exact) mass is 408 g/mol. The van der Waals surface area contributed by atoms with Gasteiger partial charge in [-0.3, -0.25) is 0 Å². The molecule has 1 heterocycles. The number of carbonyl (C=O) groups excluding carboxylic acids is 1. The molecule has 146 valence electrons. The van der Waals surface area contributed by atoms with Gasteiger partial charge in [-0.05, 0) is 42.8 Å². The van der Waals surface area contributed by atoms with Crippen molar-refractivity contribution in [2.75, 3.05) is 0 Å². The van der Waals surface area contributed by atoms with Crippen LogP contribution in [0.5, 0.6) is 0 Å². The molecule has 0 aliphatic rings. The van der Waals surface area contributed by atoms with Crippen molar-refractivity contribution in [2.24, 2.45) is 0 Å². The van der Waals surface area contributed by atoms with Crippen molar-refractivity contribution < 1.29 is 31.1 Å². The van der Waals surface area contributed by atoms with Gasteiger partial charge < -0.3 is 9.15 Å². The average Bonchev–Trinajstić information content (AvgIpc) is 2.65. The molecule has 3 aromatic rings. The van der Waals surface area contributed by atoms with Gasteiger partial charge in [0.15, 0.2) is 0 Å². The number of rotatable bonds is 5. The molecule has 0 spiro atoms. The maximum Gasteiger partial charge on any atom is 0.341 e. The Morgan fingerprint density at radius 2 is 1.79 bits per heavy atom. The predicted octanol–water partition coefficient (Wildman–Crippen LogP) is 3.45. The molecule has 0 saturated carbocycles. The second-order valence-corrected chi connectivity index (χ2v) is 7.91. The molecule has 3 rings (SSSR count). The molecule has 9 heteroatoms. The minimum Gasteiger partial charge on any atom is -0.457 e. The lowest BCUT2D eigenvalue weighted by molar-refractivity contribution is 0.0473. The van der Waals surface area contributed by atoms with Crippen molar-refractivity contribution >= 4 is 26.8 Å². The molecule has 0 atom stereocenters. The fourth-order valence-corrected chi connectivity index (χ4v) is 3.29. The smallest absolute Gasteiger partial charge is 0.341 e. The topological polar surface area (TPSA) is 90.7 Å². The van der Waals surface area contributed by atoms with Crippen molar-refractivity contribution in [3.05, 3.63) is 75.6 Å². The number of ether oxygens (including phenoxy) is 1. The van der Waals surface area contributed by atoms with Crippen molar-refractivity contribution in [3.63, 3.8) is 0 Å². The Morgan fingerprint density at radius 3 is 2.43 bits per heavy atom. The van der Waals surface area contributed by atoms with Crippen LogP contribution >= 0.6 is 0 Å². The minimum absolute atomic E-state index is 0.0173. The van der Waals surface area contributed by atoms with Gasteiger partial charge in [-0.25, -0.2) is 18.0 Å². The highest BCUT2D eigenvalue weighted by Crippen LogP contribution is 2.21. The van der Waals surface area contributed by atoms with Crippen LogP contribution in [0.3, 0.4) is 0 Å². The van der Waals surface area contributed by atoms with Gasteiger partial charge in [-0.2, -0.15) is 8.78 Å². The van der Waals surface area contributed by atoms with Crippen molar-refractivity contribution in [1.82, 2.24) is 0 Å². The molecule has 0 bridgehead atoms. The number of carbonyl (C=O) groups is 1. The Hall–Kier alpha value is -3.07. The number of fused-ring (bicyclic) bond motifs is 1. The van der Waals surface area contributed by atoms with Gasteiger partial charge in [-0.15, -0.1) is 0 Å². The standard InChI is InChI=1S/C19H14F2O6S/c1-11-2-7-15-13(9-17(22)27-16(15)8-11)10-26-18(23)12-3-5-14(6-4-12)28(24,25)19(20)21/h2-9,19H,10H2,1H3. The molecule has 1 aromatic heterocycles. The van der Waals surface area contributed by atoms with E-state index in [1.165, 1.54) is 6.07 Å². The number of esters is 1. The third kappa shape index (κ3) is 3.94. The summed E-state index contributed by atoms with van der Waals surface area (Å²) < 4.78 is 58.2. The summed E-state index contributed by atoms with van der Waals surface area (Å²) in [6.45, 7) is 1.62. The summed E-state index contributed by atoms with van der Waals surface area (Å²) in [6, 6.07) is 10.4. The van der Waals surface area contributed by atoms with E-state index in [0.717, 1.165) is 29.8 Å². The summed E-state index contributed by atoms with van der Waals surface area (Å²) in [6.07, 6.45) is 0. The molecule has 0 saturated heterocycles. The second-order valence-electron chi connectivity index (χ2n) is 6.00. The third-order valence-corrected chi connectivity index (χ3v) is 5.40. The molecule has 0 unspecified atom stereocenters. The van der Waals surface area contributed by atoms with E-state index in [-0.39, 0.29) is 12.2 Å². The van der Waals surface area contributed by atoms with E-state index in [2.05, 4.69) is 0 Å². The Balaban J connectivity index is 1.80. The van der Waals surface area contributed by atoms with E-state index in [9.17, 15) is 26.8 Å². The average molecular weight is 408 g/mol. The molecule has 28 heavy (non-hydrogen) atoms. The molecule has 0 N–H and O–H groups in total. The van der Waals surface area contributed by atoms with Crippen LogP contribution in [0, 0.1) is 6.92 Å². The largest absolute Gasteiger partial charge is 0.457 e. The van der Waals surface area contributed by atoms with E-state index in [1.54, 1.807) is 12.1 Å². The van der Waals surface area contributed by atoms with E-state index in [4.69, 9.17) is 9.15 Å². The zero-order chi connectivity index (χ0) is 20.5. The fourth-order valence-electron chi connectivity index (χ4n) is 2.57. The van der Waals surface area contributed by atoms with Crippen molar-refractivity contribution in [3.8, 4) is 0 Å². The zero-order valence-electron chi connectivity index (χ0n) is 14.5. The van der Waals surface area contributed by atoms with Gasteiger partial charge in [-0.1, -0.05) is 12.1 Å². The molecule has 0 fully saturated rings. The highest BCUT2D eigenvalue weighted by molar-refractivity contribution is 7.91. The van der Waals surface area contributed by atoms with Crippen LogP contribution in [0.25, 0.3) is 11.0 Å². The lowest BCUT2D eigenvalue weighted by atomic mass is 10.1. The highest BCUT2D eigenvalue weighted by atomic mass is 32.2. The van der Waals surface area contributed by atoms with Gasteiger partial charge in [0.25, 0.3) is 0 Å². The van der Waals surface area contributed by atoms with Gasteiger partial charge in [0, 0.05) is 17.0 Å². The second kappa shape index (κ2) is 7.51. The van der Waals surface area contributed by atoms with Crippen LogP contribution < -0.4 is 5.63 Å². The summed E-state index contributed by atoms with van der Waals surface area (Å²) in [5, 5.41) is 0.608. The first-order chi connectivity index (χ1) is 13.2. The normalized spacial score (nSPS) is 11.7. The van der Waals surface area contributed by atoms with Crippen LogP contribution in [0.1, 0.15) is 21.5 Å². The first-order valence-corrected chi connectivity index (χ1v) is 9.56. The summed E-state index contributed by atoms with van der Waals surface area (Å²) in [4.78, 5) is 23.3. The number of alkyl halides is 2. The SMILES string of the molecule is Cc1ccc2c(COC(=O)c3ccc(S(=O)(=O)C(F)F)cc3)cc(=O)oc2c1. The Bertz CT molecular complexity index is 1200. The zero-order valence-corrected chi connectivity index (χ0v) is 15.3. The number of hydrogen-bond acceptors (Lipinski definition) is 6. The van der Waals surface area contributed by atoms with E-state index in [0.29, 0.717) is 16.5 Å². The van der Waals surface area contributed by atoms with Gasteiger partial charge in [0.1, 0.15) is 12.2 Å². The van der Waals surface area contributed by atoms with Crippen molar-refractivity contribution in [1.29, 1.82) is 0 Å². The van der Waals surface area contributed by atoms with Crippen LogP contribution in [-0.2, 0) is 21.2 Å². The Kier molecular flexibility index (Phi) is 5.28. The van der Waals surface area contributed by atoms with Gasteiger partial charge in [0.05, 0.1) is 10.5 Å². The minimum atomic E-state index is -4.74. The summed E-state index contributed by atoms with van der Waals surface area (Å²) >= 11 is 0. The summed E-state index contributed by atoms with van der Waals surface area (Å²) in [5.41, 5.74) is 1.09. The first-order valence-electron chi connectivity index (χ1n) is 8.01. The maximum absolute atomic E-state index is 12.5. The Morgan fingerprint density at radius 1 is 1.11 bits per heavy atom. The van der Waals surface area contributed by atoms with Crippen molar-refractivity contribution in [2.45, 2.75) is 24.2 Å². The lowest BCUT2D eigenvalue weighted by Gasteiger charge is -2.08. The van der Waals surface area contributed by atoms with Crippen LogP contribution in [0.2, 0.25) is 0 Å². The molecule has 2 aromatic carbocycles. The fraction of sp³-hybridized carbons (Fsp3) is 0.158. The first kappa shape index (κ1) is 19.7. The number of halogens is 2. The molecule has 0 amide bonds. The highest BCUT2D eigenvalue weighted by Gasteiger charge is 2.26. The molecule has 0 aliphatic carbocycles. The molecule has 0 aliphatic heterocycles.